The molecule has 35 heavy (non-hydrogen) atoms. The Morgan fingerprint density at radius 1 is 1.11 bits per heavy atom. The van der Waals surface area contributed by atoms with Crippen LogP contribution in [0.1, 0.15) is 27.2 Å². The summed E-state index contributed by atoms with van der Waals surface area (Å²) >= 11 is 7.57. The van der Waals surface area contributed by atoms with Crippen molar-refractivity contribution in [2.24, 2.45) is 5.92 Å². The number of aryl methyl sites for hydroxylation is 1. The predicted octanol–water partition coefficient (Wildman–Crippen LogP) is 7.12. The zero-order chi connectivity index (χ0) is 24.4. The quantitative estimate of drug-likeness (QED) is 0.244. The largest absolute Gasteiger partial charge is 0.508 e. The van der Waals surface area contributed by atoms with Crippen LogP contribution in [0.4, 0.5) is 4.39 Å². The number of aromatic hydroxyl groups is 1. The van der Waals surface area contributed by atoms with E-state index in [1.807, 2.05) is 24.3 Å². The van der Waals surface area contributed by atoms with Gasteiger partial charge in [0.2, 0.25) is 5.78 Å². The molecule has 1 saturated heterocycles. The molecular formula is C28H25ClFNO3S. The van der Waals surface area contributed by atoms with E-state index in [2.05, 4.69) is 4.90 Å². The Labute approximate surface area is 212 Å². The van der Waals surface area contributed by atoms with Gasteiger partial charge in [0.15, 0.2) is 5.75 Å². The molecular weight excluding hydrogens is 485 g/mol. The molecule has 0 atom stereocenters. The summed E-state index contributed by atoms with van der Waals surface area (Å²) in [4.78, 5) is 16.1. The van der Waals surface area contributed by atoms with E-state index in [1.165, 1.54) is 16.9 Å². The third kappa shape index (κ3) is 5.20. The number of likely N-dealkylation sites (tertiary alicyclic amines) is 1. The number of phenols is 1. The molecule has 3 aromatic carbocycles. The maximum absolute atomic E-state index is 13.4. The average molecular weight is 510 g/mol. The van der Waals surface area contributed by atoms with E-state index in [-0.39, 0.29) is 24.1 Å². The molecule has 180 valence electrons. The van der Waals surface area contributed by atoms with Crippen LogP contribution in [0, 0.1) is 5.92 Å². The molecule has 2 heterocycles. The van der Waals surface area contributed by atoms with Crippen LogP contribution < -0.4 is 4.74 Å². The summed E-state index contributed by atoms with van der Waals surface area (Å²) in [6.45, 7) is 2.50. The number of halogens is 2. The van der Waals surface area contributed by atoms with Gasteiger partial charge in [0.05, 0.1) is 11.7 Å². The number of benzene rings is 3. The predicted molar refractivity (Wildman–Crippen MR) is 139 cm³/mol. The molecule has 0 unspecified atom stereocenters. The summed E-state index contributed by atoms with van der Waals surface area (Å²) in [6, 6.07) is 19.8. The molecule has 1 aromatic heterocycles. The molecule has 7 heteroatoms. The van der Waals surface area contributed by atoms with Crippen molar-refractivity contribution in [3.05, 3.63) is 87.8 Å². The number of fused-ring (bicyclic) bond motifs is 1. The van der Waals surface area contributed by atoms with Gasteiger partial charge in [-0.3, -0.25) is 9.18 Å². The van der Waals surface area contributed by atoms with E-state index >= 15 is 0 Å². The zero-order valence-corrected chi connectivity index (χ0v) is 20.6. The molecule has 0 spiro atoms. The highest BCUT2D eigenvalue weighted by molar-refractivity contribution is 7.21. The van der Waals surface area contributed by atoms with Crippen molar-refractivity contribution in [1.29, 1.82) is 0 Å². The van der Waals surface area contributed by atoms with Crippen LogP contribution in [-0.2, 0) is 6.42 Å². The first kappa shape index (κ1) is 23.8. The number of nitrogens with zero attached hydrogens (tertiary/aromatic N) is 1. The van der Waals surface area contributed by atoms with E-state index in [9.17, 15) is 14.3 Å². The lowest BCUT2D eigenvalue weighted by molar-refractivity contribution is 0.0801. The Balaban J connectivity index is 1.34. The summed E-state index contributed by atoms with van der Waals surface area (Å²) in [6.07, 6.45) is 1.96. The van der Waals surface area contributed by atoms with E-state index in [0.717, 1.165) is 42.6 Å². The van der Waals surface area contributed by atoms with Crippen LogP contribution in [-0.4, -0.2) is 42.1 Å². The summed E-state index contributed by atoms with van der Waals surface area (Å²) in [5.41, 5.74) is 1.61. The molecule has 0 saturated carbocycles. The molecule has 0 amide bonds. The van der Waals surface area contributed by atoms with E-state index < -0.39 is 0 Å². The van der Waals surface area contributed by atoms with Gasteiger partial charge in [0, 0.05) is 34.7 Å². The Morgan fingerprint density at radius 3 is 2.63 bits per heavy atom. The molecule has 0 radical (unpaired) electrons. The lowest BCUT2D eigenvalue weighted by atomic mass is 10.0. The van der Waals surface area contributed by atoms with Crippen molar-refractivity contribution < 1.29 is 19.0 Å². The first-order valence-electron chi connectivity index (χ1n) is 11.6. The number of rotatable bonds is 9. The van der Waals surface area contributed by atoms with Gasteiger partial charge in [0.1, 0.15) is 16.4 Å². The highest BCUT2D eigenvalue weighted by Gasteiger charge is 2.26. The smallest absolute Gasteiger partial charge is 0.208 e. The van der Waals surface area contributed by atoms with Crippen molar-refractivity contribution in [3.63, 3.8) is 0 Å². The molecule has 1 aliphatic rings. The lowest BCUT2D eigenvalue weighted by Gasteiger charge is -2.37. The number of alkyl halides is 1. The second-order valence-corrected chi connectivity index (χ2v) is 10.3. The van der Waals surface area contributed by atoms with E-state index in [0.29, 0.717) is 27.0 Å². The summed E-state index contributed by atoms with van der Waals surface area (Å²) < 4.78 is 19.6. The standard InChI is InChI=1S/C28H25ClFNO3S/c29-24-6-2-1-5-22(24)26(33)28-27(23-12-9-20(32)14-25(23)35-28)34-21-10-7-18(8-11-21)4-3-13-31-16-19(15-30)17-31/h1-2,5-12,14,19,32H,3-4,13,15-17H2. The second kappa shape index (κ2) is 10.4. The van der Waals surface area contributed by atoms with Gasteiger partial charge in [-0.25, -0.2) is 0 Å². The fourth-order valence-corrected chi connectivity index (χ4v) is 5.72. The van der Waals surface area contributed by atoms with Crippen LogP contribution in [0.2, 0.25) is 5.02 Å². The van der Waals surface area contributed by atoms with Crippen LogP contribution >= 0.6 is 22.9 Å². The number of thiophene rings is 1. The zero-order valence-electron chi connectivity index (χ0n) is 19.0. The fraction of sp³-hybridized carbons (Fsp3) is 0.250. The van der Waals surface area contributed by atoms with Crippen molar-refractivity contribution >= 4 is 38.8 Å². The lowest BCUT2D eigenvalue weighted by Crippen LogP contribution is -2.47. The minimum absolute atomic E-state index is 0.129. The van der Waals surface area contributed by atoms with Crippen molar-refractivity contribution in [2.75, 3.05) is 26.3 Å². The minimum atomic E-state index is -0.219. The highest BCUT2D eigenvalue weighted by Crippen LogP contribution is 2.43. The Bertz CT molecular complexity index is 1350. The van der Waals surface area contributed by atoms with E-state index in [1.54, 1.807) is 42.5 Å². The van der Waals surface area contributed by atoms with Crippen LogP contribution in [0.15, 0.2) is 66.7 Å². The summed E-state index contributed by atoms with van der Waals surface area (Å²) in [5, 5.41) is 11.1. The summed E-state index contributed by atoms with van der Waals surface area (Å²) in [7, 11) is 0. The van der Waals surface area contributed by atoms with Crippen molar-refractivity contribution in [3.8, 4) is 17.2 Å². The van der Waals surface area contributed by atoms with Gasteiger partial charge in [0.25, 0.3) is 0 Å². The number of carbonyl (C=O) groups excluding carboxylic acids is 1. The SMILES string of the molecule is O=C(c1ccccc1Cl)c1sc2cc(O)ccc2c1Oc1ccc(CCCN2CC(CF)C2)cc1. The van der Waals surface area contributed by atoms with Gasteiger partial charge in [-0.15, -0.1) is 11.3 Å². The molecule has 1 aliphatic heterocycles. The van der Waals surface area contributed by atoms with Crippen LogP contribution in [0.5, 0.6) is 17.2 Å². The summed E-state index contributed by atoms with van der Waals surface area (Å²) in [5.74, 6) is 1.22. The minimum Gasteiger partial charge on any atom is -0.508 e. The Hall–Kier alpha value is -2.93. The van der Waals surface area contributed by atoms with Gasteiger partial charge < -0.3 is 14.7 Å². The first-order chi connectivity index (χ1) is 17.0. The van der Waals surface area contributed by atoms with Gasteiger partial charge in [-0.1, -0.05) is 35.9 Å². The average Bonchev–Trinajstić information content (AvgIpc) is 3.18. The molecule has 1 fully saturated rings. The third-order valence-corrected chi connectivity index (χ3v) is 7.75. The van der Waals surface area contributed by atoms with Crippen molar-refractivity contribution in [2.45, 2.75) is 12.8 Å². The monoisotopic (exact) mass is 509 g/mol. The molecule has 4 aromatic rings. The number of ether oxygens (including phenoxy) is 1. The Kier molecular flexibility index (Phi) is 7.04. The normalized spacial score (nSPS) is 14.2. The molecule has 1 N–H and O–H groups in total. The number of hydrogen-bond donors (Lipinski definition) is 1. The molecule has 5 rings (SSSR count). The van der Waals surface area contributed by atoms with Gasteiger partial charge in [-0.05, 0) is 67.4 Å². The van der Waals surface area contributed by atoms with Crippen LogP contribution in [0.25, 0.3) is 10.1 Å². The number of ketones is 1. The van der Waals surface area contributed by atoms with Crippen LogP contribution in [0.3, 0.4) is 0 Å². The van der Waals surface area contributed by atoms with Gasteiger partial charge in [-0.2, -0.15) is 0 Å². The number of carbonyl (C=O) groups is 1. The highest BCUT2D eigenvalue weighted by atomic mass is 35.5. The number of phenolic OH excluding ortho intramolecular Hbond substituents is 1. The Morgan fingerprint density at radius 2 is 1.89 bits per heavy atom. The van der Waals surface area contributed by atoms with E-state index in [4.69, 9.17) is 16.3 Å². The molecule has 4 nitrogen and oxygen atoms in total. The molecule has 0 aliphatic carbocycles. The first-order valence-corrected chi connectivity index (χ1v) is 12.8. The fourth-order valence-electron chi connectivity index (χ4n) is 4.39. The third-order valence-electron chi connectivity index (χ3n) is 6.29. The van der Waals surface area contributed by atoms with Crippen molar-refractivity contribution in [1.82, 2.24) is 4.90 Å². The topological polar surface area (TPSA) is 49.8 Å². The maximum atomic E-state index is 13.4. The second-order valence-electron chi connectivity index (χ2n) is 8.88. The molecule has 0 bridgehead atoms. The van der Waals surface area contributed by atoms with Gasteiger partial charge >= 0.3 is 0 Å². The maximum Gasteiger partial charge on any atom is 0.208 e. The number of hydrogen-bond acceptors (Lipinski definition) is 5.